The van der Waals surface area contributed by atoms with Crippen LogP contribution in [-0.2, 0) is 52.1 Å². The van der Waals surface area contributed by atoms with Crippen molar-refractivity contribution >= 4 is 66.2 Å². The third-order valence-corrected chi connectivity index (χ3v) is 19.8. The molecule has 514 valence electrons. The number of ether oxygens (including phenoxy) is 4. The SMILES string of the molecule is CCn1c(-c2cccc(-c3nc4cc(Cc5ccc6c(c5)nc(-c5cccc(-c7nc8ccccc8n7Cc7cc(OC)cc(OC)c7)n5)n6CC)ccc4n3CC)n2)nc2cc(Cc3ccc4c(c3)nc(-c3cccc(-c5nc6ccccc6n5Cc5cc(OC)cc(OC)c5)n3)n4CC)ccc21. The molecule has 0 atom stereocenters. The smallest absolute Gasteiger partial charge is 0.160 e. The summed E-state index contributed by atoms with van der Waals surface area (Å²) in [5.74, 6) is 7.65. The van der Waals surface area contributed by atoms with Crippen LogP contribution in [-0.4, -0.2) is 101 Å². The maximum atomic E-state index is 5.64. The molecule has 17 rings (SSSR count). The van der Waals surface area contributed by atoms with Crippen LogP contribution in [0.4, 0.5) is 0 Å². The second kappa shape index (κ2) is 27.0. The van der Waals surface area contributed by atoms with Crippen molar-refractivity contribution in [1.29, 1.82) is 0 Å². The molecule has 0 saturated carbocycles. The van der Waals surface area contributed by atoms with Gasteiger partial charge in [0.05, 0.1) is 94.6 Å². The summed E-state index contributed by atoms with van der Waals surface area (Å²) in [4.78, 5) is 47.4. The lowest BCUT2D eigenvalue weighted by Crippen LogP contribution is -2.05. The molecule has 0 fully saturated rings. The number of benzene rings is 8. The Morgan fingerprint density at radius 1 is 0.231 bits per heavy atom. The first-order valence-electron chi connectivity index (χ1n) is 35.3. The Kier molecular flexibility index (Phi) is 16.7. The number of aryl methyl sites for hydroxylation is 4. The quantitative estimate of drug-likeness (QED) is 0.0625. The Morgan fingerprint density at radius 2 is 0.481 bits per heavy atom. The number of pyridine rings is 3. The van der Waals surface area contributed by atoms with Crippen molar-refractivity contribution in [3.05, 3.63) is 246 Å². The number of hydrogen-bond acceptors (Lipinski definition) is 13. The van der Waals surface area contributed by atoms with E-state index in [1.165, 1.54) is 0 Å². The molecule has 9 aromatic heterocycles. The maximum Gasteiger partial charge on any atom is 0.160 e. The lowest BCUT2D eigenvalue weighted by Gasteiger charge is -2.13. The van der Waals surface area contributed by atoms with Gasteiger partial charge < -0.3 is 46.4 Å². The predicted molar refractivity (Wildman–Crippen MR) is 411 cm³/mol. The van der Waals surface area contributed by atoms with Crippen LogP contribution in [0.1, 0.15) is 61.1 Å². The van der Waals surface area contributed by atoms with E-state index >= 15 is 0 Å². The van der Waals surface area contributed by atoms with Crippen LogP contribution >= 0.6 is 0 Å². The summed E-state index contributed by atoms with van der Waals surface area (Å²) < 4.78 is 36.0. The molecule has 19 heteroatoms. The monoisotopic (exact) mass is 1370 g/mol. The molecule has 17 aromatic rings. The summed E-state index contributed by atoms with van der Waals surface area (Å²) in [6.07, 6.45) is 1.40. The molecule has 0 radical (unpaired) electrons. The molecule has 19 nitrogen and oxygen atoms in total. The molecule has 0 aliphatic heterocycles. The molecule has 8 aromatic carbocycles. The molecule has 0 unspecified atom stereocenters. The average molecular weight is 1370 g/mol. The van der Waals surface area contributed by atoms with Gasteiger partial charge in [-0.15, -0.1) is 0 Å². The van der Waals surface area contributed by atoms with Gasteiger partial charge in [-0.05, 0) is 207 Å². The molecule has 104 heavy (non-hydrogen) atoms. The molecule has 0 bridgehead atoms. The Hall–Kier alpha value is -12.8. The predicted octanol–water partition coefficient (Wildman–Crippen LogP) is 17.4. The Bertz CT molecular complexity index is 5760. The van der Waals surface area contributed by atoms with E-state index in [0.29, 0.717) is 25.9 Å². The van der Waals surface area contributed by atoms with E-state index in [4.69, 9.17) is 63.8 Å². The summed E-state index contributed by atoms with van der Waals surface area (Å²) in [5.41, 5.74) is 22.9. The van der Waals surface area contributed by atoms with Crippen molar-refractivity contribution in [2.75, 3.05) is 28.4 Å². The summed E-state index contributed by atoms with van der Waals surface area (Å²) >= 11 is 0. The fourth-order valence-corrected chi connectivity index (χ4v) is 14.9. The number of imidazole rings is 6. The molecular formula is C85H75N15O4. The third kappa shape index (κ3) is 11.7. The largest absolute Gasteiger partial charge is 0.497 e. The van der Waals surface area contributed by atoms with Gasteiger partial charge in [0, 0.05) is 51.4 Å². The number of para-hydroxylation sites is 4. The van der Waals surface area contributed by atoms with Crippen LogP contribution in [0.3, 0.4) is 0 Å². The van der Waals surface area contributed by atoms with Gasteiger partial charge in [0.2, 0.25) is 0 Å². The number of fused-ring (bicyclic) bond motifs is 6. The van der Waals surface area contributed by atoms with Crippen LogP contribution in [0, 0.1) is 0 Å². The van der Waals surface area contributed by atoms with Crippen molar-refractivity contribution in [3.8, 4) is 92.1 Å². The zero-order valence-corrected chi connectivity index (χ0v) is 59.2. The van der Waals surface area contributed by atoms with E-state index in [1.54, 1.807) is 28.4 Å². The number of hydrogen-bond donors (Lipinski definition) is 0. The topological polar surface area (TPSA) is 183 Å². The number of methoxy groups -OCH3 is 4. The van der Waals surface area contributed by atoms with Gasteiger partial charge in [0.1, 0.15) is 57.2 Å². The molecule has 9 heterocycles. The molecule has 0 N–H and O–H groups in total. The third-order valence-electron chi connectivity index (χ3n) is 19.8. The van der Waals surface area contributed by atoms with Crippen molar-refractivity contribution in [1.82, 2.24) is 72.3 Å². The summed E-state index contributed by atoms with van der Waals surface area (Å²) in [6.45, 7) is 12.6. The zero-order chi connectivity index (χ0) is 70.7. The van der Waals surface area contributed by atoms with Gasteiger partial charge >= 0.3 is 0 Å². The lowest BCUT2D eigenvalue weighted by molar-refractivity contribution is 0.393. The molecular weight excluding hydrogens is 1300 g/mol. The fraction of sp³-hybridized carbons (Fsp3) is 0.188. The molecule has 0 aliphatic carbocycles. The van der Waals surface area contributed by atoms with Crippen molar-refractivity contribution in [3.63, 3.8) is 0 Å². The molecule has 0 amide bonds. The number of rotatable bonds is 22. The summed E-state index contributed by atoms with van der Waals surface area (Å²) in [6, 6.07) is 73.1. The van der Waals surface area contributed by atoms with E-state index < -0.39 is 0 Å². The van der Waals surface area contributed by atoms with Gasteiger partial charge in [0.25, 0.3) is 0 Å². The fourth-order valence-electron chi connectivity index (χ4n) is 14.9. The highest BCUT2D eigenvalue weighted by Gasteiger charge is 2.24. The first-order valence-corrected chi connectivity index (χ1v) is 35.3. The van der Waals surface area contributed by atoms with Gasteiger partial charge in [-0.25, -0.2) is 44.9 Å². The molecule has 0 aliphatic rings. The standard InChI is InChI=1S/C85H75N15O4/c1-9-95-76-34-30-52(38-54-32-36-78-72(46-54)93-82(97(78)11-3)66-24-18-26-68(87-66)84-89-62-20-13-15-28-74(62)99(84)50-56-40-58(101-5)48-59(41-56)102-6)44-70(76)91-80(95)64-22-17-23-65(86-64)81-92-71-45-53(31-35-77(71)96(81)10-2)39-55-33-37-79-73(47-55)94-83(98(79)12-4)67-25-19-27-69(88-67)85-90-63-21-14-16-29-75(63)100(85)51-57-42-60(103-7)49-61(43-57)104-8/h13-37,40-49H,9-12,38-39,50-51H2,1-8H3. The van der Waals surface area contributed by atoms with Crippen molar-refractivity contribution < 1.29 is 18.9 Å². The second-order valence-electron chi connectivity index (χ2n) is 26.1. The maximum absolute atomic E-state index is 5.64. The Labute approximate surface area is 600 Å². The summed E-state index contributed by atoms with van der Waals surface area (Å²) in [5, 5.41) is 0. The Balaban J connectivity index is 0.614. The van der Waals surface area contributed by atoms with Crippen LogP contribution in [0.15, 0.2) is 212 Å². The van der Waals surface area contributed by atoms with E-state index in [1.807, 2.05) is 109 Å². The van der Waals surface area contributed by atoms with Gasteiger partial charge in [-0.1, -0.05) is 66.7 Å². The van der Waals surface area contributed by atoms with E-state index in [9.17, 15) is 0 Å². The normalized spacial score (nSPS) is 11.8. The average Bonchev–Trinajstić information content (AvgIpc) is 1.62. The highest BCUT2D eigenvalue weighted by atomic mass is 16.5. The molecule has 0 saturated heterocycles. The van der Waals surface area contributed by atoms with Gasteiger partial charge in [-0.2, -0.15) is 0 Å². The summed E-state index contributed by atoms with van der Waals surface area (Å²) in [7, 11) is 6.67. The zero-order valence-electron chi connectivity index (χ0n) is 59.2. The van der Waals surface area contributed by atoms with E-state index in [0.717, 1.165) is 218 Å². The highest BCUT2D eigenvalue weighted by molar-refractivity contribution is 5.87. The van der Waals surface area contributed by atoms with Crippen LogP contribution < -0.4 is 18.9 Å². The van der Waals surface area contributed by atoms with Crippen molar-refractivity contribution in [2.45, 2.75) is 79.8 Å². The first kappa shape index (κ1) is 64.6. The van der Waals surface area contributed by atoms with Crippen LogP contribution in [0.2, 0.25) is 0 Å². The highest BCUT2D eigenvalue weighted by Crippen LogP contribution is 2.37. The first-order chi connectivity index (χ1) is 51.1. The van der Waals surface area contributed by atoms with E-state index in [-0.39, 0.29) is 0 Å². The Morgan fingerprint density at radius 3 is 0.750 bits per heavy atom. The van der Waals surface area contributed by atoms with E-state index in [2.05, 4.69) is 158 Å². The van der Waals surface area contributed by atoms with Gasteiger partial charge in [-0.3, -0.25) is 0 Å². The minimum absolute atomic E-state index is 0.536. The second-order valence-corrected chi connectivity index (χ2v) is 26.1. The minimum atomic E-state index is 0.536. The molecule has 0 spiro atoms. The van der Waals surface area contributed by atoms with Crippen LogP contribution in [0.5, 0.6) is 23.0 Å². The number of aromatic nitrogens is 15. The van der Waals surface area contributed by atoms with Gasteiger partial charge in [0.15, 0.2) is 34.9 Å². The van der Waals surface area contributed by atoms with Crippen molar-refractivity contribution in [2.24, 2.45) is 0 Å². The number of nitrogens with zero attached hydrogens (tertiary/aromatic N) is 15. The van der Waals surface area contributed by atoms with Crippen LogP contribution in [0.25, 0.3) is 135 Å². The lowest BCUT2D eigenvalue weighted by atomic mass is 10.0. The minimum Gasteiger partial charge on any atom is -0.497 e.